The van der Waals surface area contributed by atoms with Crippen LogP contribution in [0.4, 0.5) is 0 Å². The molecule has 1 heterocycles. The van der Waals surface area contributed by atoms with Crippen molar-refractivity contribution in [3.63, 3.8) is 0 Å². The van der Waals surface area contributed by atoms with Crippen LogP contribution in [0.25, 0.3) is 10.8 Å². The Hall–Kier alpha value is -1.96. The third-order valence-electron chi connectivity index (χ3n) is 4.28. The first-order chi connectivity index (χ1) is 12.0. The van der Waals surface area contributed by atoms with E-state index in [1.807, 2.05) is 35.2 Å². The molecular formula is C18H21N3O2S2. The highest BCUT2D eigenvalue weighted by Gasteiger charge is 2.29. The Balaban J connectivity index is 1.72. The van der Waals surface area contributed by atoms with E-state index in [1.54, 1.807) is 18.2 Å². The summed E-state index contributed by atoms with van der Waals surface area (Å²) in [6.07, 6.45) is 1.74. The van der Waals surface area contributed by atoms with Crippen molar-refractivity contribution >= 4 is 38.1 Å². The second kappa shape index (κ2) is 7.51. The minimum Gasteiger partial charge on any atom is -0.359 e. The van der Waals surface area contributed by atoms with E-state index in [1.165, 1.54) is 4.31 Å². The Morgan fingerprint density at radius 3 is 2.48 bits per heavy atom. The molecule has 1 aliphatic rings. The molecule has 1 aliphatic heterocycles. The van der Waals surface area contributed by atoms with E-state index in [0.29, 0.717) is 42.7 Å². The smallest absolute Gasteiger partial charge is 0.243 e. The molecule has 1 fully saturated rings. The largest absolute Gasteiger partial charge is 0.359 e. The summed E-state index contributed by atoms with van der Waals surface area (Å²) in [5.41, 5.74) is 0. The molecule has 0 bridgehead atoms. The highest BCUT2D eigenvalue weighted by molar-refractivity contribution is 7.89. The van der Waals surface area contributed by atoms with Gasteiger partial charge in [0.25, 0.3) is 0 Å². The summed E-state index contributed by atoms with van der Waals surface area (Å²) in [5, 5.41) is 5.68. The lowest BCUT2D eigenvalue weighted by Crippen LogP contribution is -2.53. The number of nitrogens with zero attached hydrogens (tertiary/aromatic N) is 2. The minimum atomic E-state index is -3.49. The van der Waals surface area contributed by atoms with Gasteiger partial charge in [0.2, 0.25) is 10.0 Å². The number of hydrogen-bond donors (Lipinski definition) is 1. The van der Waals surface area contributed by atoms with Crippen LogP contribution in [0, 0.1) is 0 Å². The molecule has 0 atom stereocenters. The van der Waals surface area contributed by atoms with Gasteiger partial charge in [0.15, 0.2) is 5.11 Å². The molecule has 1 N–H and O–H groups in total. The van der Waals surface area contributed by atoms with Crippen LogP contribution in [0.1, 0.15) is 0 Å². The summed E-state index contributed by atoms with van der Waals surface area (Å²) < 4.78 is 27.4. The second-order valence-electron chi connectivity index (χ2n) is 5.87. The normalized spacial score (nSPS) is 15.9. The van der Waals surface area contributed by atoms with Crippen LogP contribution in [0.15, 0.2) is 60.0 Å². The molecule has 0 radical (unpaired) electrons. The lowest BCUT2D eigenvalue weighted by molar-refractivity contribution is 0.264. The lowest BCUT2D eigenvalue weighted by Gasteiger charge is -2.35. The van der Waals surface area contributed by atoms with Crippen molar-refractivity contribution in [3.8, 4) is 0 Å². The van der Waals surface area contributed by atoms with E-state index >= 15 is 0 Å². The van der Waals surface area contributed by atoms with E-state index in [4.69, 9.17) is 12.2 Å². The van der Waals surface area contributed by atoms with Crippen molar-refractivity contribution in [2.45, 2.75) is 4.90 Å². The summed E-state index contributed by atoms with van der Waals surface area (Å²) >= 11 is 5.32. The first kappa shape index (κ1) is 17.8. The second-order valence-corrected chi connectivity index (χ2v) is 8.20. The molecule has 0 saturated carbocycles. The molecule has 1 saturated heterocycles. The Morgan fingerprint density at radius 1 is 1.12 bits per heavy atom. The van der Waals surface area contributed by atoms with Crippen LogP contribution in [0.3, 0.4) is 0 Å². The highest BCUT2D eigenvalue weighted by Crippen LogP contribution is 2.22. The van der Waals surface area contributed by atoms with Crippen LogP contribution in [0.5, 0.6) is 0 Å². The van der Waals surface area contributed by atoms with E-state index in [0.717, 1.165) is 10.8 Å². The van der Waals surface area contributed by atoms with Gasteiger partial charge in [-0.15, -0.1) is 6.58 Å². The molecule has 0 amide bonds. The molecular weight excluding hydrogens is 354 g/mol. The van der Waals surface area contributed by atoms with Crippen molar-refractivity contribution in [2.24, 2.45) is 0 Å². The summed E-state index contributed by atoms with van der Waals surface area (Å²) in [5.74, 6) is 0. The summed E-state index contributed by atoms with van der Waals surface area (Å²) in [7, 11) is -3.49. The van der Waals surface area contributed by atoms with E-state index in [2.05, 4.69) is 11.9 Å². The lowest BCUT2D eigenvalue weighted by atomic mass is 10.1. The zero-order chi connectivity index (χ0) is 17.9. The average Bonchev–Trinajstić information content (AvgIpc) is 2.65. The molecule has 0 aliphatic carbocycles. The number of nitrogens with one attached hydrogen (secondary N) is 1. The van der Waals surface area contributed by atoms with Gasteiger partial charge in [0.05, 0.1) is 4.90 Å². The number of rotatable bonds is 4. The maximum atomic E-state index is 12.9. The zero-order valence-corrected chi connectivity index (χ0v) is 15.5. The van der Waals surface area contributed by atoms with Crippen LogP contribution in [-0.4, -0.2) is 55.5 Å². The van der Waals surface area contributed by atoms with E-state index < -0.39 is 10.0 Å². The molecule has 0 unspecified atom stereocenters. The number of fused-ring (bicyclic) bond motifs is 1. The molecule has 132 valence electrons. The molecule has 25 heavy (non-hydrogen) atoms. The van der Waals surface area contributed by atoms with Crippen molar-refractivity contribution in [1.82, 2.24) is 14.5 Å². The number of thiocarbonyl (C=S) groups is 1. The van der Waals surface area contributed by atoms with Gasteiger partial charge in [0.1, 0.15) is 0 Å². The maximum absolute atomic E-state index is 12.9. The van der Waals surface area contributed by atoms with Gasteiger partial charge < -0.3 is 10.2 Å². The first-order valence-electron chi connectivity index (χ1n) is 8.15. The summed E-state index contributed by atoms with van der Waals surface area (Å²) in [6, 6.07) is 13.0. The SMILES string of the molecule is C=CCNC(=S)N1CCN(S(=O)(=O)c2ccc3ccccc3c2)CC1. The summed E-state index contributed by atoms with van der Waals surface area (Å²) in [4.78, 5) is 2.33. The van der Waals surface area contributed by atoms with Crippen molar-refractivity contribution in [1.29, 1.82) is 0 Å². The molecule has 2 aromatic rings. The van der Waals surface area contributed by atoms with E-state index in [-0.39, 0.29) is 0 Å². The fourth-order valence-electron chi connectivity index (χ4n) is 2.88. The van der Waals surface area contributed by atoms with Crippen molar-refractivity contribution < 1.29 is 8.42 Å². The Labute approximate surface area is 154 Å². The fourth-order valence-corrected chi connectivity index (χ4v) is 4.60. The third kappa shape index (κ3) is 3.84. The highest BCUT2D eigenvalue weighted by atomic mass is 32.2. The topological polar surface area (TPSA) is 52.6 Å². The van der Waals surface area contributed by atoms with Gasteiger partial charge in [-0.1, -0.05) is 36.4 Å². The number of benzene rings is 2. The molecule has 0 spiro atoms. The minimum absolute atomic E-state index is 0.340. The molecule has 7 heteroatoms. The van der Waals surface area contributed by atoms with Gasteiger partial charge in [-0.3, -0.25) is 0 Å². The predicted molar refractivity (Wildman–Crippen MR) is 105 cm³/mol. The van der Waals surface area contributed by atoms with Gasteiger partial charge in [-0.2, -0.15) is 4.31 Å². The third-order valence-corrected chi connectivity index (χ3v) is 6.58. The molecule has 2 aromatic carbocycles. The van der Waals surface area contributed by atoms with Crippen LogP contribution < -0.4 is 5.32 Å². The first-order valence-corrected chi connectivity index (χ1v) is 10.00. The Kier molecular flexibility index (Phi) is 5.36. The van der Waals surface area contributed by atoms with Gasteiger partial charge in [-0.05, 0) is 35.1 Å². The number of sulfonamides is 1. The van der Waals surface area contributed by atoms with Crippen molar-refractivity contribution in [2.75, 3.05) is 32.7 Å². The van der Waals surface area contributed by atoms with Crippen LogP contribution >= 0.6 is 12.2 Å². The molecule has 0 aromatic heterocycles. The van der Waals surface area contributed by atoms with E-state index in [9.17, 15) is 8.42 Å². The maximum Gasteiger partial charge on any atom is 0.243 e. The average molecular weight is 376 g/mol. The molecule has 5 nitrogen and oxygen atoms in total. The zero-order valence-electron chi connectivity index (χ0n) is 13.9. The van der Waals surface area contributed by atoms with Crippen LogP contribution in [-0.2, 0) is 10.0 Å². The summed E-state index contributed by atoms with van der Waals surface area (Å²) in [6.45, 7) is 6.26. The standard InChI is InChI=1S/C18H21N3O2S2/c1-2-9-19-18(24)20-10-12-21(13-11-20)25(22,23)17-8-7-15-5-3-4-6-16(15)14-17/h2-8,14H,1,9-13H2,(H,19,24). The Morgan fingerprint density at radius 2 is 1.80 bits per heavy atom. The Bertz CT molecular complexity index is 888. The predicted octanol–water partition coefficient (Wildman–Crippen LogP) is 2.21. The van der Waals surface area contributed by atoms with Crippen LogP contribution in [0.2, 0.25) is 0 Å². The van der Waals surface area contributed by atoms with Crippen molar-refractivity contribution in [3.05, 3.63) is 55.1 Å². The van der Waals surface area contributed by atoms with Gasteiger partial charge in [-0.25, -0.2) is 8.42 Å². The monoisotopic (exact) mass is 375 g/mol. The number of hydrogen-bond acceptors (Lipinski definition) is 3. The van der Waals surface area contributed by atoms with Gasteiger partial charge >= 0.3 is 0 Å². The van der Waals surface area contributed by atoms with Gasteiger partial charge in [0, 0.05) is 32.7 Å². The fraction of sp³-hybridized carbons (Fsp3) is 0.278. The quantitative estimate of drug-likeness (QED) is 0.656. The molecule has 3 rings (SSSR count). The number of piperazine rings is 1.